The Morgan fingerprint density at radius 1 is 1.10 bits per heavy atom. The van der Waals surface area contributed by atoms with E-state index in [0.717, 1.165) is 0 Å². The van der Waals surface area contributed by atoms with Crippen molar-refractivity contribution < 1.29 is 35.1 Å². The Kier molecular flexibility index (Phi) is 5.49. The van der Waals surface area contributed by atoms with Gasteiger partial charge in [0.1, 0.15) is 6.54 Å². The van der Waals surface area contributed by atoms with E-state index in [1.807, 2.05) is 6.07 Å². The van der Waals surface area contributed by atoms with Gasteiger partial charge in [-0.05, 0) is 6.42 Å². The molecule has 0 atom stereocenters. The van der Waals surface area contributed by atoms with Gasteiger partial charge >= 0.3 is 22.3 Å². The van der Waals surface area contributed by atoms with Crippen molar-refractivity contribution in [3.05, 3.63) is 30.6 Å². The van der Waals surface area contributed by atoms with Crippen LogP contribution in [0.4, 0.5) is 13.2 Å². The summed E-state index contributed by atoms with van der Waals surface area (Å²) in [5.41, 5.74) is 0. The Morgan fingerprint density at radius 3 is 2.25 bits per heavy atom. The first-order valence-corrected chi connectivity index (χ1v) is 7.26. The van der Waals surface area contributed by atoms with Gasteiger partial charge in [0.25, 0.3) is 0 Å². The molecule has 1 aromatic rings. The second kappa shape index (κ2) is 6.69. The van der Waals surface area contributed by atoms with Crippen LogP contribution in [0.25, 0.3) is 0 Å². The maximum absolute atomic E-state index is 11.8. The van der Waals surface area contributed by atoms with E-state index in [1.54, 1.807) is 29.1 Å². The minimum absolute atomic E-state index is 0.0926. The van der Waals surface area contributed by atoms with Crippen LogP contribution in [0.3, 0.4) is 0 Å². The van der Waals surface area contributed by atoms with Crippen LogP contribution in [-0.2, 0) is 25.6 Å². The predicted molar refractivity (Wildman–Crippen MR) is 61.8 cm³/mol. The number of alkyl halides is 3. The summed E-state index contributed by atoms with van der Waals surface area (Å²) in [6.45, 7) is 0.517. The van der Waals surface area contributed by atoms with Crippen LogP contribution < -0.4 is 4.57 Å². The fourth-order valence-corrected chi connectivity index (χ4v) is 2.33. The topological polar surface area (TPSA) is 64.3 Å². The van der Waals surface area contributed by atoms with Gasteiger partial charge in [-0.3, -0.25) is 0 Å². The van der Waals surface area contributed by atoms with Crippen LogP contribution in [0.1, 0.15) is 12.8 Å². The number of carbonyl (C=O) groups is 1. The minimum atomic E-state index is -5.31. The molecule has 0 aliphatic rings. The van der Waals surface area contributed by atoms with E-state index in [-0.39, 0.29) is 6.42 Å². The van der Waals surface area contributed by atoms with Crippen molar-refractivity contribution in [2.75, 3.05) is 5.75 Å². The van der Waals surface area contributed by atoms with Crippen LogP contribution in [0.5, 0.6) is 0 Å². The summed E-state index contributed by atoms with van der Waals surface area (Å²) >= 11 is 0. The van der Waals surface area contributed by atoms with Crippen LogP contribution in [-0.4, -0.2) is 26.3 Å². The number of unbranched alkanes of at least 4 members (excludes halogenated alkanes) is 1. The number of aryl methyl sites for hydroxylation is 1. The number of carbonyl (C=O) groups excluding carboxylic acids is 1. The summed E-state index contributed by atoms with van der Waals surface area (Å²) in [5.74, 6) is -3.35. The van der Waals surface area contributed by atoms with E-state index in [9.17, 15) is 26.4 Å². The molecule has 0 bridgehead atoms. The Bertz CT molecular complexity index is 543. The maximum Gasteiger partial charge on any atom is 0.492 e. The molecule has 1 aromatic heterocycles. The highest BCUT2D eigenvalue weighted by Gasteiger charge is 2.43. The molecule has 5 nitrogen and oxygen atoms in total. The lowest BCUT2D eigenvalue weighted by atomic mass is 10.3. The first kappa shape index (κ1) is 16.4. The smallest absolute Gasteiger partial charge is 0.338 e. The lowest BCUT2D eigenvalue weighted by Gasteiger charge is -2.06. The summed E-state index contributed by atoms with van der Waals surface area (Å²) in [6, 6.07) is 5.40. The first-order chi connectivity index (χ1) is 9.21. The second-order valence-electron chi connectivity index (χ2n) is 3.95. The highest BCUT2D eigenvalue weighted by molar-refractivity contribution is 7.87. The van der Waals surface area contributed by atoms with Gasteiger partial charge in [-0.15, -0.1) is 0 Å². The van der Waals surface area contributed by atoms with Gasteiger partial charge < -0.3 is 4.18 Å². The van der Waals surface area contributed by atoms with Crippen molar-refractivity contribution in [3.8, 4) is 0 Å². The molecule has 112 valence electrons. The highest BCUT2D eigenvalue weighted by atomic mass is 32.2. The SMILES string of the molecule is O=C(OS(=O)(=O)CCCC[n+]1ccccc1)C(F)(F)F. The summed E-state index contributed by atoms with van der Waals surface area (Å²) in [4.78, 5) is 10.4. The molecule has 0 unspecified atom stereocenters. The number of aromatic nitrogens is 1. The van der Waals surface area contributed by atoms with Crippen molar-refractivity contribution in [3.63, 3.8) is 0 Å². The van der Waals surface area contributed by atoms with Gasteiger partial charge in [0.15, 0.2) is 12.4 Å². The summed E-state index contributed by atoms with van der Waals surface area (Å²) < 4.78 is 63.1. The fourth-order valence-electron chi connectivity index (χ4n) is 1.36. The van der Waals surface area contributed by atoms with Crippen LogP contribution >= 0.6 is 0 Å². The first-order valence-electron chi connectivity index (χ1n) is 5.68. The number of nitrogens with zero attached hydrogens (tertiary/aromatic N) is 1. The lowest BCUT2D eigenvalue weighted by Crippen LogP contribution is -2.32. The standard InChI is InChI=1S/C11H13F3NO4S/c12-11(13,14)10(16)19-20(17,18)9-5-4-8-15-6-2-1-3-7-15/h1-3,6-7H,4-5,8-9H2/q+1. The molecule has 0 radical (unpaired) electrons. The molecule has 0 amide bonds. The summed E-state index contributed by atoms with van der Waals surface area (Å²) in [5, 5.41) is 0. The van der Waals surface area contributed by atoms with Crippen molar-refractivity contribution in [2.24, 2.45) is 0 Å². The second-order valence-corrected chi connectivity index (χ2v) is 5.64. The van der Waals surface area contributed by atoms with Gasteiger partial charge in [0, 0.05) is 18.6 Å². The van der Waals surface area contributed by atoms with Gasteiger partial charge in [-0.1, -0.05) is 6.07 Å². The van der Waals surface area contributed by atoms with Crippen LogP contribution in [0.2, 0.25) is 0 Å². The molecule has 0 saturated carbocycles. The fraction of sp³-hybridized carbons (Fsp3) is 0.455. The van der Waals surface area contributed by atoms with Gasteiger partial charge in [0.05, 0.1) is 5.75 Å². The average molecular weight is 312 g/mol. The Hall–Kier alpha value is -1.64. The third kappa shape index (κ3) is 6.00. The third-order valence-corrected chi connectivity index (χ3v) is 3.47. The summed E-state index contributed by atoms with van der Waals surface area (Å²) in [6.07, 6.45) is -1.24. The van der Waals surface area contributed by atoms with E-state index >= 15 is 0 Å². The molecule has 0 aliphatic heterocycles. The van der Waals surface area contributed by atoms with E-state index < -0.39 is 28.0 Å². The molecule has 0 saturated heterocycles. The van der Waals surface area contributed by atoms with Crippen molar-refractivity contribution in [1.29, 1.82) is 0 Å². The number of hydrogen-bond donors (Lipinski definition) is 0. The van der Waals surface area contributed by atoms with Gasteiger partial charge in [-0.25, -0.2) is 9.36 Å². The van der Waals surface area contributed by atoms with Crippen LogP contribution in [0.15, 0.2) is 30.6 Å². The maximum atomic E-state index is 11.8. The Labute approximate surface area is 114 Å². The molecule has 0 aliphatic carbocycles. The van der Waals surface area contributed by atoms with E-state index in [4.69, 9.17) is 0 Å². The Balaban J connectivity index is 2.35. The molecule has 9 heteroatoms. The molecule has 0 fully saturated rings. The molecular formula is C11H13F3NO4S+. The number of halogens is 3. The van der Waals surface area contributed by atoms with Crippen molar-refractivity contribution in [1.82, 2.24) is 0 Å². The summed E-state index contributed by atoms with van der Waals surface area (Å²) in [7, 11) is -4.50. The van der Waals surface area contributed by atoms with E-state index in [0.29, 0.717) is 13.0 Å². The quantitative estimate of drug-likeness (QED) is 0.450. The van der Waals surface area contributed by atoms with Crippen molar-refractivity contribution in [2.45, 2.75) is 25.6 Å². The normalized spacial score (nSPS) is 12.2. The zero-order valence-electron chi connectivity index (χ0n) is 10.3. The number of hydrogen-bond acceptors (Lipinski definition) is 4. The molecule has 20 heavy (non-hydrogen) atoms. The zero-order valence-corrected chi connectivity index (χ0v) is 11.2. The number of pyridine rings is 1. The zero-order chi connectivity index (χ0) is 15.2. The Morgan fingerprint density at radius 2 is 1.70 bits per heavy atom. The predicted octanol–water partition coefficient (Wildman–Crippen LogP) is 1.19. The van der Waals surface area contributed by atoms with Crippen LogP contribution in [0, 0.1) is 0 Å². The molecule has 1 rings (SSSR count). The monoisotopic (exact) mass is 312 g/mol. The molecule has 0 spiro atoms. The van der Waals surface area contributed by atoms with Gasteiger partial charge in [0.2, 0.25) is 0 Å². The van der Waals surface area contributed by atoms with Gasteiger partial charge in [-0.2, -0.15) is 21.6 Å². The lowest BCUT2D eigenvalue weighted by molar-refractivity contribution is -0.697. The highest BCUT2D eigenvalue weighted by Crippen LogP contribution is 2.18. The van der Waals surface area contributed by atoms with E-state index in [2.05, 4.69) is 4.18 Å². The molecular weight excluding hydrogens is 299 g/mol. The minimum Gasteiger partial charge on any atom is -0.338 e. The molecule has 0 aromatic carbocycles. The number of rotatable bonds is 6. The molecule has 1 heterocycles. The third-order valence-electron chi connectivity index (χ3n) is 2.27. The van der Waals surface area contributed by atoms with E-state index in [1.165, 1.54) is 0 Å². The molecule has 0 N–H and O–H groups in total. The average Bonchev–Trinajstić information content (AvgIpc) is 2.34. The van der Waals surface area contributed by atoms with Crippen molar-refractivity contribution >= 4 is 16.1 Å². The largest absolute Gasteiger partial charge is 0.492 e.